The van der Waals surface area contributed by atoms with E-state index >= 15 is 0 Å². The Morgan fingerprint density at radius 2 is 1.68 bits per heavy atom. The van der Waals surface area contributed by atoms with E-state index in [0.29, 0.717) is 5.04 Å². The summed E-state index contributed by atoms with van der Waals surface area (Å²) in [5, 5.41) is 0.293. The molecule has 0 saturated carbocycles. The molecular weight excluding hydrogens is 256 g/mol. The zero-order valence-electron chi connectivity index (χ0n) is 12.9. The van der Waals surface area contributed by atoms with Gasteiger partial charge in [0.1, 0.15) is 12.5 Å². The van der Waals surface area contributed by atoms with Crippen molar-refractivity contribution in [3.8, 4) is 0 Å². The Labute approximate surface area is 118 Å². The minimum absolute atomic E-state index is 0.0897. The largest absolute Gasteiger partial charge is 0.459 e. The van der Waals surface area contributed by atoms with Crippen molar-refractivity contribution in [1.29, 1.82) is 0 Å². The highest BCUT2D eigenvalue weighted by molar-refractivity contribution is 6.74. The van der Waals surface area contributed by atoms with Gasteiger partial charge in [-0.15, -0.1) is 0 Å². The topological polar surface area (TPSA) is 27.7 Å². The first-order valence-electron chi connectivity index (χ1n) is 7.08. The van der Waals surface area contributed by atoms with E-state index in [9.17, 15) is 0 Å². The Balaban J connectivity index is 2.07. The number of allylic oxidation sites excluding steroid dienone is 1. The monoisotopic (exact) mass is 284 g/mol. The fourth-order valence-electron chi connectivity index (χ4n) is 1.47. The number of rotatable bonds is 7. The van der Waals surface area contributed by atoms with E-state index in [1.54, 1.807) is 12.5 Å². The van der Waals surface area contributed by atoms with Gasteiger partial charge in [0.15, 0.2) is 8.32 Å². The van der Waals surface area contributed by atoms with Crippen LogP contribution in [0.3, 0.4) is 0 Å². The van der Waals surface area contributed by atoms with E-state index in [1.807, 2.05) is 0 Å². The summed E-state index contributed by atoms with van der Waals surface area (Å²) in [6.45, 7) is 12.2. The van der Waals surface area contributed by atoms with Crippen LogP contribution in [0.5, 0.6) is 0 Å². The molecule has 0 saturated heterocycles. The van der Waals surface area contributed by atoms with Gasteiger partial charge in [0.05, 0.1) is 0 Å². The molecule has 0 spiro atoms. The standard InChI is InChI=1S/C15H28O3Si/c1-15(2,3)19(4,5)18-11-9-7-6-8-10-14-16-12-13-17-14/h6-7,12-14H,8-11H2,1-5H3/b7-6+. The van der Waals surface area contributed by atoms with Crippen LogP contribution in [0.4, 0.5) is 0 Å². The van der Waals surface area contributed by atoms with Gasteiger partial charge in [0.2, 0.25) is 6.29 Å². The Hall–Kier alpha value is -0.743. The maximum Gasteiger partial charge on any atom is 0.239 e. The molecular formula is C15H28O3Si. The molecule has 19 heavy (non-hydrogen) atoms. The van der Waals surface area contributed by atoms with Gasteiger partial charge in [0, 0.05) is 13.0 Å². The van der Waals surface area contributed by atoms with E-state index in [1.165, 1.54) is 0 Å². The van der Waals surface area contributed by atoms with Crippen LogP contribution in [0.2, 0.25) is 18.1 Å². The third-order valence-electron chi connectivity index (χ3n) is 3.81. The molecule has 0 aromatic rings. The lowest BCUT2D eigenvalue weighted by Crippen LogP contribution is -2.40. The zero-order valence-corrected chi connectivity index (χ0v) is 13.9. The van der Waals surface area contributed by atoms with Crippen molar-refractivity contribution >= 4 is 8.32 Å². The molecule has 1 rings (SSSR count). The molecule has 0 N–H and O–H groups in total. The lowest BCUT2D eigenvalue weighted by molar-refractivity contribution is -0.0270. The summed E-state index contributed by atoms with van der Waals surface area (Å²) in [4.78, 5) is 0. The van der Waals surface area contributed by atoms with Crippen molar-refractivity contribution in [1.82, 2.24) is 0 Å². The fourth-order valence-corrected chi connectivity index (χ4v) is 2.54. The van der Waals surface area contributed by atoms with Crippen LogP contribution < -0.4 is 0 Å². The first kappa shape index (κ1) is 16.3. The minimum Gasteiger partial charge on any atom is -0.459 e. The first-order chi connectivity index (χ1) is 8.83. The second kappa shape index (κ2) is 7.15. The average molecular weight is 284 g/mol. The molecule has 1 aliphatic heterocycles. The van der Waals surface area contributed by atoms with Gasteiger partial charge in [-0.1, -0.05) is 32.9 Å². The summed E-state index contributed by atoms with van der Waals surface area (Å²) < 4.78 is 16.5. The Bertz CT molecular complexity index is 308. The quantitative estimate of drug-likeness (QED) is 0.389. The lowest BCUT2D eigenvalue weighted by atomic mass is 10.2. The molecule has 0 aromatic heterocycles. The molecule has 0 atom stereocenters. The lowest BCUT2D eigenvalue weighted by Gasteiger charge is -2.36. The summed E-state index contributed by atoms with van der Waals surface area (Å²) >= 11 is 0. The van der Waals surface area contributed by atoms with Gasteiger partial charge >= 0.3 is 0 Å². The van der Waals surface area contributed by atoms with E-state index in [-0.39, 0.29) is 6.29 Å². The van der Waals surface area contributed by atoms with Crippen molar-refractivity contribution in [2.75, 3.05) is 6.61 Å². The third kappa shape index (κ3) is 5.83. The zero-order chi connectivity index (χ0) is 14.4. The van der Waals surface area contributed by atoms with E-state index in [4.69, 9.17) is 13.9 Å². The molecule has 1 heterocycles. The molecule has 0 unspecified atom stereocenters. The highest BCUT2D eigenvalue weighted by atomic mass is 28.4. The van der Waals surface area contributed by atoms with E-state index in [0.717, 1.165) is 25.9 Å². The van der Waals surface area contributed by atoms with Crippen molar-refractivity contribution < 1.29 is 13.9 Å². The maximum absolute atomic E-state index is 6.10. The van der Waals surface area contributed by atoms with Crippen LogP contribution in [-0.4, -0.2) is 21.2 Å². The molecule has 0 bridgehead atoms. The molecule has 0 radical (unpaired) electrons. The predicted molar refractivity (Wildman–Crippen MR) is 81.2 cm³/mol. The highest BCUT2D eigenvalue weighted by Gasteiger charge is 2.36. The summed E-state index contributed by atoms with van der Waals surface area (Å²) in [6.07, 6.45) is 10.3. The average Bonchev–Trinajstić information content (AvgIpc) is 2.79. The van der Waals surface area contributed by atoms with Crippen LogP contribution in [0.25, 0.3) is 0 Å². The summed E-state index contributed by atoms with van der Waals surface area (Å²) in [5.41, 5.74) is 0. The van der Waals surface area contributed by atoms with Crippen LogP contribution in [0, 0.1) is 0 Å². The SMILES string of the molecule is CC(C)(C)[Si](C)(C)OCC/C=C/CCC1OC=CO1. The summed E-state index contributed by atoms with van der Waals surface area (Å²) in [7, 11) is -1.58. The van der Waals surface area contributed by atoms with E-state index < -0.39 is 8.32 Å². The summed E-state index contributed by atoms with van der Waals surface area (Å²) in [5.74, 6) is 0. The second-order valence-electron chi connectivity index (χ2n) is 6.42. The smallest absolute Gasteiger partial charge is 0.239 e. The van der Waals surface area contributed by atoms with Gasteiger partial charge in [-0.2, -0.15) is 0 Å². The summed E-state index contributed by atoms with van der Waals surface area (Å²) in [6, 6.07) is 0. The number of ether oxygens (including phenoxy) is 2. The van der Waals surface area contributed by atoms with Crippen LogP contribution in [-0.2, 0) is 13.9 Å². The van der Waals surface area contributed by atoms with Gasteiger partial charge in [-0.05, 0) is 31.0 Å². The van der Waals surface area contributed by atoms with Crippen LogP contribution in [0.1, 0.15) is 40.0 Å². The van der Waals surface area contributed by atoms with Gasteiger partial charge in [-0.25, -0.2) is 0 Å². The normalized spacial score (nSPS) is 16.9. The number of hydrogen-bond donors (Lipinski definition) is 0. The molecule has 4 heteroatoms. The fraction of sp³-hybridized carbons (Fsp3) is 0.733. The molecule has 3 nitrogen and oxygen atoms in total. The third-order valence-corrected chi connectivity index (χ3v) is 8.34. The highest BCUT2D eigenvalue weighted by Crippen LogP contribution is 2.36. The van der Waals surface area contributed by atoms with Crippen LogP contribution >= 0.6 is 0 Å². The Morgan fingerprint density at radius 3 is 2.26 bits per heavy atom. The van der Waals surface area contributed by atoms with Crippen molar-refractivity contribution in [2.45, 2.75) is 64.5 Å². The number of hydrogen-bond acceptors (Lipinski definition) is 3. The van der Waals surface area contributed by atoms with Crippen molar-refractivity contribution in [3.63, 3.8) is 0 Å². The second-order valence-corrected chi connectivity index (χ2v) is 11.2. The first-order valence-corrected chi connectivity index (χ1v) is 9.99. The Kier molecular flexibility index (Phi) is 6.14. The van der Waals surface area contributed by atoms with Crippen molar-refractivity contribution in [3.05, 3.63) is 24.7 Å². The van der Waals surface area contributed by atoms with E-state index in [2.05, 4.69) is 46.0 Å². The maximum atomic E-state index is 6.10. The van der Waals surface area contributed by atoms with Crippen molar-refractivity contribution in [2.24, 2.45) is 0 Å². The minimum atomic E-state index is -1.58. The molecule has 110 valence electrons. The van der Waals surface area contributed by atoms with Gasteiger partial charge < -0.3 is 13.9 Å². The van der Waals surface area contributed by atoms with Gasteiger partial charge in [-0.3, -0.25) is 0 Å². The predicted octanol–water partition coefficient (Wildman–Crippen LogP) is 4.58. The Morgan fingerprint density at radius 1 is 1.11 bits per heavy atom. The van der Waals surface area contributed by atoms with Gasteiger partial charge in [0.25, 0.3) is 0 Å². The molecule has 1 aliphatic rings. The molecule has 0 fully saturated rings. The molecule has 0 aliphatic carbocycles. The van der Waals surface area contributed by atoms with Crippen LogP contribution in [0.15, 0.2) is 24.7 Å². The molecule has 0 amide bonds. The molecule has 0 aromatic carbocycles.